The second kappa shape index (κ2) is 6.61. The molecule has 3 nitrogen and oxygen atoms in total. The van der Waals surface area contributed by atoms with Gasteiger partial charge < -0.3 is 9.64 Å². The van der Waals surface area contributed by atoms with Gasteiger partial charge in [0.2, 0.25) is 0 Å². The standard InChI is InChI=1S/C18H16Cl2FNO2/c1-10-6-11(7-15(21)16(10)18(23)24-2)12-8-22(9-12)17-13(19)4-3-5-14(17)20/h3-7,12H,8-9H2,1-2H3. The van der Waals surface area contributed by atoms with Gasteiger partial charge in [0.1, 0.15) is 5.82 Å². The number of para-hydroxylation sites is 1. The van der Waals surface area contributed by atoms with Crippen LogP contribution in [0.4, 0.5) is 10.1 Å². The summed E-state index contributed by atoms with van der Waals surface area (Å²) in [5, 5.41) is 1.20. The van der Waals surface area contributed by atoms with Crippen LogP contribution >= 0.6 is 23.2 Å². The molecule has 0 aromatic heterocycles. The second-order valence-electron chi connectivity index (χ2n) is 5.86. The van der Waals surface area contributed by atoms with Gasteiger partial charge in [0.05, 0.1) is 28.4 Å². The average Bonchev–Trinajstić information content (AvgIpc) is 2.47. The topological polar surface area (TPSA) is 29.5 Å². The van der Waals surface area contributed by atoms with Crippen molar-refractivity contribution in [1.82, 2.24) is 0 Å². The zero-order valence-corrected chi connectivity index (χ0v) is 14.8. The molecule has 0 aliphatic carbocycles. The first-order valence-electron chi connectivity index (χ1n) is 7.49. The van der Waals surface area contributed by atoms with E-state index in [0.29, 0.717) is 28.7 Å². The van der Waals surface area contributed by atoms with Gasteiger partial charge in [-0.2, -0.15) is 0 Å². The van der Waals surface area contributed by atoms with Gasteiger partial charge in [0.15, 0.2) is 0 Å². The first kappa shape index (κ1) is 17.1. The normalized spacial score (nSPS) is 14.5. The first-order chi connectivity index (χ1) is 11.4. The smallest absolute Gasteiger partial charge is 0.341 e. The predicted octanol–water partition coefficient (Wildman–Crippen LogP) is 4.83. The maximum atomic E-state index is 14.3. The molecule has 0 N–H and O–H groups in total. The molecule has 1 heterocycles. The van der Waals surface area contributed by atoms with Crippen molar-refractivity contribution in [3.05, 3.63) is 62.9 Å². The number of hydrogen-bond acceptors (Lipinski definition) is 3. The molecule has 3 rings (SSSR count). The maximum Gasteiger partial charge on any atom is 0.341 e. The molecular weight excluding hydrogens is 352 g/mol. The van der Waals surface area contributed by atoms with Crippen LogP contribution in [0.2, 0.25) is 10.0 Å². The molecule has 0 amide bonds. The lowest BCUT2D eigenvalue weighted by Gasteiger charge is -2.42. The van der Waals surface area contributed by atoms with Gasteiger partial charge in [0, 0.05) is 19.0 Å². The lowest BCUT2D eigenvalue weighted by atomic mass is 9.88. The summed E-state index contributed by atoms with van der Waals surface area (Å²) < 4.78 is 18.9. The summed E-state index contributed by atoms with van der Waals surface area (Å²) >= 11 is 12.4. The van der Waals surface area contributed by atoms with E-state index >= 15 is 0 Å². The Morgan fingerprint density at radius 2 is 1.88 bits per heavy atom. The van der Waals surface area contributed by atoms with Crippen molar-refractivity contribution >= 4 is 34.9 Å². The SMILES string of the molecule is COC(=O)c1c(C)cc(C2CN(c3c(Cl)cccc3Cl)C2)cc1F. The van der Waals surface area contributed by atoms with Crippen LogP contribution in [-0.2, 0) is 4.74 Å². The van der Waals surface area contributed by atoms with Gasteiger partial charge in [-0.1, -0.05) is 35.3 Å². The van der Waals surface area contributed by atoms with Gasteiger partial charge in [-0.3, -0.25) is 0 Å². The van der Waals surface area contributed by atoms with E-state index in [1.54, 1.807) is 25.1 Å². The molecule has 0 bridgehead atoms. The minimum Gasteiger partial charge on any atom is -0.465 e. The van der Waals surface area contributed by atoms with Gasteiger partial charge in [-0.25, -0.2) is 9.18 Å². The van der Waals surface area contributed by atoms with Crippen LogP contribution in [0.25, 0.3) is 0 Å². The van der Waals surface area contributed by atoms with Crippen LogP contribution in [0.1, 0.15) is 27.4 Å². The maximum absolute atomic E-state index is 14.3. The van der Waals surface area contributed by atoms with Gasteiger partial charge in [-0.15, -0.1) is 0 Å². The number of carbonyl (C=O) groups excluding carboxylic acids is 1. The minimum absolute atomic E-state index is 0.00780. The van der Waals surface area contributed by atoms with E-state index < -0.39 is 11.8 Å². The highest BCUT2D eigenvalue weighted by Gasteiger charge is 2.32. The number of benzene rings is 2. The van der Waals surface area contributed by atoms with Crippen LogP contribution in [0.15, 0.2) is 30.3 Å². The third kappa shape index (κ3) is 2.96. The predicted molar refractivity (Wildman–Crippen MR) is 93.9 cm³/mol. The van der Waals surface area contributed by atoms with Crippen LogP contribution in [0.5, 0.6) is 0 Å². The van der Waals surface area contributed by atoms with Crippen LogP contribution in [-0.4, -0.2) is 26.2 Å². The summed E-state index contributed by atoms with van der Waals surface area (Å²) in [5.74, 6) is -1.04. The largest absolute Gasteiger partial charge is 0.465 e. The summed E-state index contributed by atoms with van der Waals surface area (Å²) in [4.78, 5) is 13.7. The molecule has 0 unspecified atom stereocenters. The molecule has 1 aliphatic heterocycles. The molecular formula is C18H16Cl2FNO2. The molecule has 2 aromatic rings. The monoisotopic (exact) mass is 367 g/mol. The molecule has 1 saturated heterocycles. The zero-order chi connectivity index (χ0) is 17.4. The van der Waals surface area contributed by atoms with E-state index in [9.17, 15) is 9.18 Å². The number of rotatable bonds is 3. The van der Waals surface area contributed by atoms with Gasteiger partial charge >= 0.3 is 5.97 Å². The fraction of sp³-hybridized carbons (Fsp3) is 0.278. The van der Waals surface area contributed by atoms with E-state index in [-0.39, 0.29) is 11.5 Å². The lowest BCUT2D eigenvalue weighted by molar-refractivity contribution is 0.0594. The molecule has 24 heavy (non-hydrogen) atoms. The highest BCUT2D eigenvalue weighted by atomic mass is 35.5. The van der Waals surface area contributed by atoms with Crippen molar-refractivity contribution < 1.29 is 13.9 Å². The molecule has 126 valence electrons. The number of methoxy groups -OCH3 is 1. The van der Waals surface area contributed by atoms with Crippen LogP contribution in [0, 0.1) is 12.7 Å². The first-order valence-corrected chi connectivity index (χ1v) is 8.25. The van der Waals surface area contributed by atoms with E-state index in [2.05, 4.69) is 9.64 Å². The Balaban J connectivity index is 1.80. The number of carbonyl (C=O) groups is 1. The van der Waals surface area contributed by atoms with Crippen molar-refractivity contribution in [3.8, 4) is 0 Å². The molecule has 1 fully saturated rings. The Bertz CT molecular complexity index is 760. The minimum atomic E-state index is -0.658. The summed E-state index contributed by atoms with van der Waals surface area (Å²) in [7, 11) is 1.24. The third-order valence-electron chi connectivity index (χ3n) is 4.31. The second-order valence-corrected chi connectivity index (χ2v) is 6.67. The molecule has 0 spiro atoms. The molecule has 0 atom stereocenters. The summed E-state index contributed by atoms with van der Waals surface area (Å²) in [6.45, 7) is 3.10. The van der Waals surface area contributed by atoms with Crippen molar-refractivity contribution in [3.63, 3.8) is 0 Å². The molecule has 0 saturated carbocycles. The van der Waals surface area contributed by atoms with E-state index in [0.717, 1.165) is 11.3 Å². The fourth-order valence-corrected chi connectivity index (χ4v) is 3.67. The zero-order valence-electron chi connectivity index (χ0n) is 13.3. The molecule has 1 aliphatic rings. The van der Waals surface area contributed by atoms with Crippen molar-refractivity contribution in [2.45, 2.75) is 12.8 Å². The summed E-state index contributed by atoms with van der Waals surface area (Å²) in [5.41, 5.74) is 2.23. The van der Waals surface area contributed by atoms with Crippen molar-refractivity contribution in [1.29, 1.82) is 0 Å². The quantitative estimate of drug-likeness (QED) is 0.727. The average molecular weight is 368 g/mol. The number of halogens is 3. The Morgan fingerprint density at radius 3 is 2.42 bits per heavy atom. The number of ether oxygens (including phenoxy) is 1. The highest BCUT2D eigenvalue weighted by molar-refractivity contribution is 6.39. The van der Waals surface area contributed by atoms with Crippen molar-refractivity contribution in [2.24, 2.45) is 0 Å². The molecule has 6 heteroatoms. The van der Waals surface area contributed by atoms with E-state index in [1.807, 2.05) is 6.07 Å². The number of aryl methyl sites for hydroxylation is 1. The third-order valence-corrected chi connectivity index (χ3v) is 4.92. The van der Waals surface area contributed by atoms with Gasteiger partial charge in [0.25, 0.3) is 0 Å². The fourth-order valence-electron chi connectivity index (χ4n) is 3.03. The number of esters is 1. The van der Waals surface area contributed by atoms with E-state index in [1.165, 1.54) is 13.2 Å². The number of hydrogen-bond donors (Lipinski definition) is 0. The highest BCUT2D eigenvalue weighted by Crippen LogP contribution is 2.40. The van der Waals surface area contributed by atoms with E-state index in [4.69, 9.17) is 23.2 Å². The van der Waals surface area contributed by atoms with Gasteiger partial charge in [-0.05, 0) is 36.2 Å². The van der Waals surface area contributed by atoms with Crippen LogP contribution in [0.3, 0.4) is 0 Å². The van der Waals surface area contributed by atoms with Crippen LogP contribution < -0.4 is 4.90 Å². The Hall–Kier alpha value is -1.78. The molecule has 0 radical (unpaired) electrons. The number of anilines is 1. The Morgan fingerprint density at radius 1 is 1.25 bits per heavy atom. The molecule has 2 aromatic carbocycles. The Kier molecular flexibility index (Phi) is 4.70. The summed E-state index contributed by atoms with van der Waals surface area (Å²) in [6, 6.07) is 8.65. The Labute approximate surface area is 149 Å². The van der Waals surface area contributed by atoms with Crippen molar-refractivity contribution in [2.75, 3.05) is 25.1 Å². The summed E-state index contributed by atoms with van der Waals surface area (Å²) in [6.07, 6.45) is 0. The number of nitrogens with zero attached hydrogens (tertiary/aromatic N) is 1. The lowest BCUT2D eigenvalue weighted by Crippen LogP contribution is -2.45.